The number of carboxylic acid groups (broad SMARTS) is 1. The smallest absolute Gasteiger partial charge is 0.387 e. The van der Waals surface area contributed by atoms with Gasteiger partial charge in [0.2, 0.25) is 5.91 Å². The molecule has 21 heavy (non-hydrogen) atoms. The normalized spacial score (nSPS) is 17.1. The quantitative estimate of drug-likeness (QED) is 0.791. The van der Waals surface area contributed by atoms with Crippen molar-refractivity contribution in [2.24, 2.45) is 5.41 Å². The first-order chi connectivity index (χ1) is 9.85. The molecule has 1 amide bonds. The number of amides is 1. The Labute approximate surface area is 119 Å². The maximum Gasteiger partial charge on any atom is 0.387 e. The lowest BCUT2D eigenvalue weighted by atomic mass is 10.0. The van der Waals surface area contributed by atoms with Gasteiger partial charge in [-0.25, -0.2) is 0 Å². The van der Waals surface area contributed by atoms with E-state index in [0.29, 0.717) is 18.4 Å². The Bertz CT molecular complexity index is 558. The van der Waals surface area contributed by atoms with Crippen molar-refractivity contribution in [3.05, 3.63) is 29.8 Å². The summed E-state index contributed by atoms with van der Waals surface area (Å²) in [6.45, 7) is -1.27. The van der Waals surface area contributed by atoms with E-state index in [-0.39, 0.29) is 5.75 Å². The standard InChI is InChI=1S/C14H15F2NO4/c1-8(17-11(18)14(5-6-14)12(19)20)9-3-2-4-10(7-9)21-13(15)16/h2-4,7-8,13H,5-6H2,1H3,(H,17,18)(H,19,20). The first-order valence-corrected chi connectivity index (χ1v) is 6.44. The zero-order chi connectivity index (χ0) is 15.6. The second-order valence-electron chi connectivity index (χ2n) is 5.03. The van der Waals surface area contributed by atoms with Crippen LogP contribution in [0.5, 0.6) is 5.75 Å². The number of benzene rings is 1. The van der Waals surface area contributed by atoms with Crippen LogP contribution in [-0.2, 0) is 9.59 Å². The van der Waals surface area contributed by atoms with Crippen molar-refractivity contribution in [2.45, 2.75) is 32.4 Å². The van der Waals surface area contributed by atoms with Gasteiger partial charge in [0.25, 0.3) is 0 Å². The molecular formula is C14H15F2NO4. The predicted octanol–water partition coefficient (Wildman–Crippen LogP) is 2.33. The van der Waals surface area contributed by atoms with Gasteiger partial charge < -0.3 is 15.2 Å². The highest BCUT2D eigenvalue weighted by Gasteiger charge is 2.57. The molecule has 1 unspecified atom stereocenters. The number of aliphatic carboxylic acids is 1. The van der Waals surface area contributed by atoms with Crippen molar-refractivity contribution in [1.82, 2.24) is 5.32 Å². The van der Waals surface area contributed by atoms with E-state index in [4.69, 9.17) is 5.11 Å². The fourth-order valence-corrected chi connectivity index (χ4v) is 2.04. The molecule has 7 heteroatoms. The van der Waals surface area contributed by atoms with Gasteiger partial charge in [0.15, 0.2) is 0 Å². The van der Waals surface area contributed by atoms with E-state index in [9.17, 15) is 18.4 Å². The molecule has 0 spiro atoms. The number of ether oxygens (including phenoxy) is 1. The maximum atomic E-state index is 12.2. The maximum absolute atomic E-state index is 12.2. The van der Waals surface area contributed by atoms with Crippen LogP contribution in [0.4, 0.5) is 8.78 Å². The van der Waals surface area contributed by atoms with Crippen molar-refractivity contribution in [3.8, 4) is 5.75 Å². The van der Waals surface area contributed by atoms with Crippen molar-refractivity contribution in [3.63, 3.8) is 0 Å². The van der Waals surface area contributed by atoms with Gasteiger partial charge in [-0.3, -0.25) is 9.59 Å². The topological polar surface area (TPSA) is 75.6 Å². The minimum atomic E-state index is -2.92. The van der Waals surface area contributed by atoms with E-state index >= 15 is 0 Å². The lowest BCUT2D eigenvalue weighted by Gasteiger charge is -2.18. The number of carbonyl (C=O) groups is 2. The summed E-state index contributed by atoms with van der Waals surface area (Å²) in [4.78, 5) is 23.0. The van der Waals surface area contributed by atoms with E-state index in [0.717, 1.165) is 0 Å². The number of alkyl halides is 2. The lowest BCUT2D eigenvalue weighted by molar-refractivity contribution is -0.149. The highest BCUT2D eigenvalue weighted by atomic mass is 19.3. The Balaban J connectivity index is 2.05. The SMILES string of the molecule is CC(NC(=O)C1(C(=O)O)CC1)c1cccc(OC(F)F)c1. The summed E-state index contributed by atoms with van der Waals surface area (Å²) in [7, 11) is 0. The molecule has 1 aromatic carbocycles. The highest BCUT2D eigenvalue weighted by molar-refractivity contribution is 6.04. The van der Waals surface area contributed by atoms with Crippen LogP contribution < -0.4 is 10.1 Å². The Morgan fingerprint density at radius 3 is 2.57 bits per heavy atom. The molecule has 1 fully saturated rings. The van der Waals surface area contributed by atoms with E-state index < -0.39 is 29.9 Å². The molecule has 0 saturated heterocycles. The number of hydrogen-bond donors (Lipinski definition) is 2. The average Bonchev–Trinajstić information content (AvgIpc) is 3.19. The van der Waals surface area contributed by atoms with E-state index in [2.05, 4.69) is 10.1 Å². The third-order valence-electron chi connectivity index (χ3n) is 3.52. The molecule has 1 aliphatic rings. The van der Waals surface area contributed by atoms with Crippen molar-refractivity contribution in [2.75, 3.05) is 0 Å². The molecular weight excluding hydrogens is 284 g/mol. The molecule has 1 aromatic rings. The first kappa shape index (κ1) is 15.2. The van der Waals surface area contributed by atoms with Crippen molar-refractivity contribution < 1.29 is 28.2 Å². The molecule has 0 radical (unpaired) electrons. The summed E-state index contributed by atoms with van der Waals surface area (Å²) >= 11 is 0. The number of halogens is 2. The minimum absolute atomic E-state index is 0.0111. The number of nitrogens with one attached hydrogen (secondary N) is 1. The third kappa shape index (κ3) is 3.29. The fraction of sp³-hybridized carbons (Fsp3) is 0.429. The Hall–Kier alpha value is -2.18. The second kappa shape index (κ2) is 5.67. The summed E-state index contributed by atoms with van der Waals surface area (Å²) in [5.74, 6) is -1.70. The molecule has 1 atom stereocenters. The predicted molar refractivity (Wildman–Crippen MR) is 68.9 cm³/mol. The van der Waals surface area contributed by atoms with Crippen LogP contribution in [0.25, 0.3) is 0 Å². The molecule has 1 saturated carbocycles. The summed E-state index contributed by atoms with van der Waals surface area (Å²) in [5, 5.41) is 11.6. The van der Waals surface area contributed by atoms with Gasteiger partial charge in [-0.1, -0.05) is 12.1 Å². The number of carbonyl (C=O) groups excluding carboxylic acids is 1. The van der Waals surface area contributed by atoms with Crippen LogP contribution in [0.3, 0.4) is 0 Å². The van der Waals surface area contributed by atoms with Gasteiger partial charge in [0, 0.05) is 0 Å². The van der Waals surface area contributed by atoms with E-state index in [1.165, 1.54) is 18.2 Å². The fourth-order valence-electron chi connectivity index (χ4n) is 2.04. The second-order valence-corrected chi connectivity index (χ2v) is 5.03. The van der Waals surface area contributed by atoms with Gasteiger partial charge in [-0.2, -0.15) is 8.78 Å². The molecule has 0 heterocycles. The summed E-state index contributed by atoms with van der Waals surface area (Å²) in [6, 6.07) is 5.43. The van der Waals surface area contributed by atoms with Gasteiger partial charge in [-0.15, -0.1) is 0 Å². The molecule has 2 rings (SSSR count). The minimum Gasteiger partial charge on any atom is -0.480 e. The van der Waals surface area contributed by atoms with E-state index in [1.54, 1.807) is 13.0 Å². The molecule has 0 aromatic heterocycles. The summed E-state index contributed by atoms with van der Waals surface area (Å²) in [6.07, 6.45) is 0.630. The van der Waals surface area contributed by atoms with E-state index in [1.807, 2.05) is 0 Å². The van der Waals surface area contributed by atoms with Gasteiger partial charge >= 0.3 is 12.6 Å². The Kier molecular flexibility index (Phi) is 4.11. The molecule has 0 aliphatic heterocycles. The number of rotatable bonds is 6. The summed E-state index contributed by atoms with van der Waals surface area (Å²) < 4.78 is 28.6. The van der Waals surface area contributed by atoms with Gasteiger partial charge in [-0.05, 0) is 37.5 Å². The molecule has 1 aliphatic carbocycles. The monoisotopic (exact) mass is 299 g/mol. The van der Waals surface area contributed by atoms with Crippen LogP contribution >= 0.6 is 0 Å². The molecule has 114 valence electrons. The van der Waals surface area contributed by atoms with Crippen LogP contribution in [0.1, 0.15) is 31.4 Å². The highest BCUT2D eigenvalue weighted by Crippen LogP contribution is 2.46. The first-order valence-electron chi connectivity index (χ1n) is 6.44. The Morgan fingerprint density at radius 2 is 2.05 bits per heavy atom. The van der Waals surface area contributed by atoms with Crippen LogP contribution in [-0.4, -0.2) is 23.6 Å². The van der Waals surface area contributed by atoms with Gasteiger partial charge in [0.05, 0.1) is 6.04 Å². The Morgan fingerprint density at radius 1 is 1.38 bits per heavy atom. The lowest BCUT2D eigenvalue weighted by Crippen LogP contribution is -2.38. The van der Waals surface area contributed by atoms with Crippen LogP contribution in [0, 0.1) is 5.41 Å². The zero-order valence-electron chi connectivity index (χ0n) is 11.3. The largest absolute Gasteiger partial charge is 0.480 e. The van der Waals surface area contributed by atoms with Gasteiger partial charge in [0.1, 0.15) is 11.2 Å². The number of hydrogen-bond acceptors (Lipinski definition) is 3. The summed E-state index contributed by atoms with van der Waals surface area (Å²) in [5.41, 5.74) is -0.770. The van der Waals surface area contributed by atoms with Crippen LogP contribution in [0.2, 0.25) is 0 Å². The van der Waals surface area contributed by atoms with Crippen LogP contribution in [0.15, 0.2) is 24.3 Å². The molecule has 0 bridgehead atoms. The third-order valence-corrected chi connectivity index (χ3v) is 3.52. The molecule has 2 N–H and O–H groups in total. The molecule has 5 nitrogen and oxygen atoms in total. The number of carboxylic acids is 1. The van der Waals surface area contributed by atoms with Crippen molar-refractivity contribution in [1.29, 1.82) is 0 Å². The average molecular weight is 299 g/mol. The van der Waals surface area contributed by atoms with Crippen molar-refractivity contribution >= 4 is 11.9 Å². The zero-order valence-corrected chi connectivity index (χ0v) is 11.3.